The van der Waals surface area contributed by atoms with Crippen molar-refractivity contribution in [2.45, 2.75) is 19.8 Å². The van der Waals surface area contributed by atoms with Crippen LogP contribution in [0.5, 0.6) is 0 Å². The number of benzene rings is 1. The van der Waals surface area contributed by atoms with E-state index in [0.29, 0.717) is 11.0 Å². The molecule has 0 fully saturated rings. The zero-order valence-electron chi connectivity index (χ0n) is 9.45. The molecule has 4 nitrogen and oxygen atoms in total. The maximum atomic E-state index is 5.27. The molecule has 0 aromatic heterocycles. The summed E-state index contributed by atoms with van der Waals surface area (Å²) >= 11 is 4.99. The van der Waals surface area contributed by atoms with E-state index in [4.69, 9.17) is 23.7 Å². The summed E-state index contributed by atoms with van der Waals surface area (Å²) in [5.74, 6) is 0.600. The van der Waals surface area contributed by atoms with Crippen LogP contribution in [0.25, 0.3) is 0 Å². The number of rotatable bonds is 2. The molecule has 0 heterocycles. The highest BCUT2D eigenvalue weighted by molar-refractivity contribution is 7.80. The van der Waals surface area contributed by atoms with Crippen molar-refractivity contribution in [2.24, 2.45) is 11.5 Å². The van der Waals surface area contributed by atoms with E-state index in [1.165, 1.54) is 5.56 Å². The minimum absolute atomic E-state index is 0.0799. The SMILES string of the molecule is CC(C)c1ccc(NC(=S)[NH+]=C(N)N)cc1. The first-order chi connectivity index (χ1) is 7.49. The smallest absolute Gasteiger partial charge is 0.303 e. The van der Waals surface area contributed by atoms with Crippen LogP contribution in [-0.4, -0.2) is 11.1 Å². The predicted molar refractivity (Wildman–Crippen MR) is 71.1 cm³/mol. The van der Waals surface area contributed by atoms with Crippen LogP contribution in [0.3, 0.4) is 0 Å². The molecule has 0 saturated carbocycles. The van der Waals surface area contributed by atoms with Crippen molar-refractivity contribution in [3.8, 4) is 0 Å². The van der Waals surface area contributed by atoms with Crippen molar-refractivity contribution in [1.82, 2.24) is 0 Å². The molecule has 0 atom stereocenters. The van der Waals surface area contributed by atoms with Crippen molar-refractivity contribution >= 4 is 29.0 Å². The molecule has 0 aliphatic carbocycles. The van der Waals surface area contributed by atoms with E-state index in [1.54, 1.807) is 0 Å². The molecule has 86 valence electrons. The van der Waals surface area contributed by atoms with Crippen LogP contribution in [0.2, 0.25) is 0 Å². The highest BCUT2D eigenvalue weighted by atomic mass is 32.1. The van der Waals surface area contributed by atoms with Crippen molar-refractivity contribution in [3.05, 3.63) is 29.8 Å². The van der Waals surface area contributed by atoms with Gasteiger partial charge in [-0.05, 0) is 35.8 Å². The lowest BCUT2D eigenvalue weighted by Gasteiger charge is -2.06. The lowest BCUT2D eigenvalue weighted by molar-refractivity contribution is -0.313. The van der Waals surface area contributed by atoms with E-state index in [1.807, 2.05) is 12.1 Å². The normalized spacial score (nSPS) is 9.94. The number of guanidine groups is 1. The average molecular weight is 237 g/mol. The largest absolute Gasteiger partial charge is 0.311 e. The molecule has 0 unspecified atom stereocenters. The predicted octanol–water partition coefficient (Wildman–Crippen LogP) is -0.139. The van der Waals surface area contributed by atoms with E-state index in [-0.39, 0.29) is 5.96 Å². The molecule has 0 amide bonds. The number of hydrogen-bond donors (Lipinski definition) is 4. The Morgan fingerprint density at radius 2 is 1.81 bits per heavy atom. The van der Waals surface area contributed by atoms with Gasteiger partial charge in [-0.15, -0.1) is 0 Å². The first-order valence-corrected chi connectivity index (χ1v) is 5.45. The second-order valence-corrected chi connectivity index (χ2v) is 4.22. The molecule has 0 aliphatic heterocycles. The fraction of sp³-hybridized carbons (Fsp3) is 0.273. The molecule has 0 radical (unpaired) electrons. The molecule has 0 saturated heterocycles. The number of anilines is 1. The van der Waals surface area contributed by atoms with Gasteiger partial charge in [-0.1, -0.05) is 26.0 Å². The van der Waals surface area contributed by atoms with Gasteiger partial charge in [0.15, 0.2) is 0 Å². The van der Waals surface area contributed by atoms with Gasteiger partial charge in [0.1, 0.15) is 0 Å². The molecule has 1 aromatic rings. The topological polar surface area (TPSA) is 78.0 Å². The molecule has 16 heavy (non-hydrogen) atoms. The molecular weight excluding hydrogens is 220 g/mol. The Labute approximate surface area is 101 Å². The molecule has 0 spiro atoms. The van der Waals surface area contributed by atoms with E-state index in [2.05, 4.69) is 36.3 Å². The molecule has 1 rings (SSSR count). The zero-order chi connectivity index (χ0) is 12.1. The van der Waals surface area contributed by atoms with Crippen molar-refractivity contribution in [1.29, 1.82) is 0 Å². The maximum absolute atomic E-state index is 5.27. The Morgan fingerprint density at radius 3 is 2.25 bits per heavy atom. The second kappa shape index (κ2) is 5.46. The van der Waals surface area contributed by atoms with Gasteiger partial charge in [0.25, 0.3) is 5.11 Å². The fourth-order valence-electron chi connectivity index (χ4n) is 1.24. The Hall–Kier alpha value is -1.62. The van der Waals surface area contributed by atoms with E-state index >= 15 is 0 Å². The lowest BCUT2D eigenvalue weighted by Crippen LogP contribution is -2.82. The van der Waals surface area contributed by atoms with Gasteiger partial charge in [0.05, 0.1) is 5.69 Å². The molecule has 0 aliphatic rings. The molecule has 5 heteroatoms. The molecule has 1 aromatic carbocycles. The van der Waals surface area contributed by atoms with E-state index < -0.39 is 0 Å². The number of nitrogens with one attached hydrogen (secondary N) is 2. The summed E-state index contributed by atoms with van der Waals surface area (Å²) in [6.45, 7) is 4.30. The third kappa shape index (κ3) is 3.86. The molecule has 6 N–H and O–H groups in total. The lowest BCUT2D eigenvalue weighted by atomic mass is 10.0. The van der Waals surface area contributed by atoms with Gasteiger partial charge in [-0.2, -0.15) is 0 Å². The summed E-state index contributed by atoms with van der Waals surface area (Å²) in [5, 5.41) is 3.37. The number of hydrogen-bond acceptors (Lipinski definition) is 1. The van der Waals surface area contributed by atoms with Crippen LogP contribution in [0.15, 0.2) is 24.3 Å². The van der Waals surface area contributed by atoms with Crippen LogP contribution in [-0.2, 0) is 0 Å². The van der Waals surface area contributed by atoms with Crippen LogP contribution in [0.1, 0.15) is 25.3 Å². The van der Waals surface area contributed by atoms with Crippen molar-refractivity contribution in [3.63, 3.8) is 0 Å². The van der Waals surface area contributed by atoms with Gasteiger partial charge in [0, 0.05) is 0 Å². The van der Waals surface area contributed by atoms with Crippen molar-refractivity contribution in [2.75, 3.05) is 5.32 Å². The summed E-state index contributed by atoms with van der Waals surface area (Å²) in [6, 6.07) is 8.06. The van der Waals surface area contributed by atoms with Gasteiger partial charge in [-0.25, -0.2) is 4.99 Å². The highest BCUT2D eigenvalue weighted by Gasteiger charge is 2.02. The summed E-state index contributed by atoms with van der Waals surface area (Å²) in [5.41, 5.74) is 12.7. The Bertz CT molecular complexity index is 391. The standard InChI is InChI=1S/C11H16N4S/c1-7(2)8-3-5-9(6-4-8)14-11(16)15-10(12)13/h3-7H,1-2H3,(H5,12,13,14,15,16)/p+1. The first kappa shape index (κ1) is 12.4. The molecular formula is C11H17N4S+. The monoisotopic (exact) mass is 237 g/mol. The van der Waals surface area contributed by atoms with Gasteiger partial charge < -0.3 is 11.5 Å². The van der Waals surface area contributed by atoms with Gasteiger partial charge in [-0.3, -0.25) is 5.32 Å². The first-order valence-electron chi connectivity index (χ1n) is 5.05. The van der Waals surface area contributed by atoms with Gasteiger partial charge in [0.2, 0.25) is 0 Å². The highest BCUT2D eigenvalue weighted by Crippen LogP contribution is 2.16. The second-order valence-electron chi connectivity index (χ2n) is 3.81. The quantitative estimate of drug-likeness (QED) is 0.328. The third-order valence-electron chi connectivity index (χ3n) is 2.09. The minimum Gasteiger partial charge on any atom is -0.311 e. The maximum Gasteiger partial charge on any atom is 0.303 e. The van der Waals surface area contributed by atoms with Crippen LogP contribution in [0, 0.1) is 0 Å². The Kier molecular flexibility index (Phi) is 4.25. The fourth-order valence-corrected chi connectivity index (χ4v) is 1.48. The average Bonchev–Trinajstić information content (AvgIpc) is 2.16. The van der Waals surface area contributed by atoms with E-state index in [0.717, 1.165) is 5.69 Å². The van der Waals surface area contributed by atoms with Crippen LogP contribution in [0.4, 0.5) is 5.69 Å². The van der Waals surface area contributed by atoms with Crippen LogP contribution < -0.4 is 21.8 Å². The van der Waals surface area contributed by atoms with Gasteiger partial charge >= 0.3 is 5.96 Å². The zero-order valence-corrected chi connectivity index (χ0v) is 10.3. The summed E-state index contributed by atoms with van der Waals surface area (Å²) in [7, 11) is 0. The number of nitrogens with two attached hydrogens (primary N) is 2. The summed E-state index contributed by atoms with van der Waals surface area (Å²) in [4.78, 5) is 2.62. The van der Waals surface area contributed by atoms with E-state index in [9.17, 15) is 0 Å². The number of thiocarbonyl (C=S) groups is 1. The summed E-state index contributed by atoms with van der Waals surface area (Å²) < 4.78 is 0. The third-order valence-corrected chi connectivity index (χ3v) is 2.30. The minimum atomic E-state index is 0.0799. The van der Waals surface area contributed by atoms with Crippen LogP contribution >= 0.6 is 12.2 Å². The molecule has 0 bridgehead atoms. The summed E-state index contributed by atoms with van der Waals surface area (Å²) in [6.07, 6.45) is 0. The Balaban J connectivity index is 2.69. The Morgan fingerprint density at radius 1 is 1.25 bits per heavy atom. The van der Waals surface area contributed by atoms with Crippen molar-refractivity contribution < 1.29 is 4.99 Å².